The molecule has 0 radical (unpaired) electrons. The lowest BCUT2D eigenvalue weighted by atomic mass is 10.2. The van der Waals surface area contributed by atoms with Crippen LogP contribution in [0.1, 0.15) is 6.42 Å². The molecule has 0 atom stereocenters. The number of hydrogen-bond donors (Lipinski definition) is 0. The van der Waals surface area contributed by atoms with Crippen LogP contribution in [0.4, 0.5) is 5.69 Å². The highest BCUT2D eigenvalue weighted by molar-refractivity contribution is 6.32. The monoisotopic (exact) mass is 239 g/mol. The van der Waals surface area contributed by atoms with Gasteiger partial charge in [0.2, 0.25) is 5.91 Å². The second-order valence-electron chi connectivity index (χ2n) is 3.49. The van der Waals surface area contributed by atoms with Crippen molar-refractivity contribution in [3.8, 4) is 5.75 Å². The molecule has 0 aliphatic carbocycles. The summed E-state index contributed by atoms with van der Waals surface area (Å²) < 4.78 is 5.13. The molecule has 1 aliphatic rings. The van der Waals surface area contributed by atoms with Gasteiger partial charge >= 0.3 is 0 Å². The fraction of sp³-hybridized carbons (Fsp3) is 0.273. The summed E-state index contributed by atoms with van der Waals surface area (Å²) in [4.78, 5) is 24.2. The summed E-state index contributed by atoms with van der Waals surface area (Å²) in [5, 5.41) is 0.423. The Labute approximate surface area is 97.7 Å². The fourth-order valence-corrected chi connectivity index (χ4v) is 1.96. The smallest absolute Gasteiger partial charge is 0.235 e. The van der Waals surface area contributed by atoms with Gasteiger partial charge in [-0.15, -0.1) is 0 Å². The molecule has 1 aromatic rings. The second-order valence-corrected chi connectivity index (χ2v) is 3.89. The maximum atomic E-state index is 11.6. The van der Waals surface area contributed by atoms with Gasteiger partial charge in [-0.2, -0.15) is 0 Å². The number of amides is 1. The van der Waals surface area contributed by atoms with Crippen LogP contribution in [-0.4, -0.2) is 25.3 Å². The van der Waals surface area contributed by atoms with Crippen LogP contribution in [0.15, 0.2) is 18.2 Å². The molecule has 84 valence electrons. The van der Waals surface area contributed by atoms with Crippen LogP contribution in [0.25, 0.3) is 0 Å². The first-order valence-electron chi connectivity index (χ1n) is 4.78. The summed E-state index contributed by atoms with van der Waals surface area (Å²) in [6.07, 6.45) is -0.0460. The zero-order valence-corrected chi connectivity index (χ0v) is 9.45. The summed E-state index contributed by atoms with van der Waals surface area (Å²) in [5.41, 5.74) is 0.547. The highest BCUT2D eigenvalue weighted by Crippen LogP contribution is 2.36. The van der Waals surface area contributed by atoms with E-state index < -0.39 is 0 Å². The van der Waals surface area contributed by atoms with Crippen molar-refractivity contribution in [1.82, 2.24) is 0 Å². The number of Topliss-reactive ketones (excluding diaryl/α,β-unsaturated/α-hetero) is 1. The maximum absolute atomic E-state index is 11.6. The Balaban J connectivity index is 2.44. The molecular formula is C11H10ClNO3. The number of ether oxygens (including phenoxy) is 1. The fourth-order valence-electron chi connectivity index (χ4n) is 1.72. The van der Waals surface area contributed by atoms with Gasteiger partial charge in [0.1, 0.15) is 0 Å². The molecule has 0 N–H and O–H groups in total. The Morgan fingerprint density at radius 1 is 1.38 bits per heavy atom. The SMILES string of the molecule is COc1c(Cl)cccc1N1CC(=O)CC1=O. The van der Waals surface area contributed by atoms with Crippen LogP contribution in [0.3, 0.4) is 0 Å². The molecule has 1 amide bonds. The summed E-state index contributed by atoms with van der Waals surface area (Å²) >= 11 is 5.94. The number of benzene rings is 1. The number of anilines is 1. The number of carbonyl (C=O) groups is 2. The van der Waals surface area contributed by atoms with Crippen LogP contribution >= 0.6 is 11.6 Å². The molecule has 0 aromatic heterocycles. The van der Waals surface area contributed by atoms with Gasteiger partial charge in [-0.1, -0.05) is 17.7 Å². The molecule has 4 nitrogen and oxygen atoms in total. The summed E-state index contributed by atoms with van der Waals surface area (Å²) in [6, 6.07) is 5.10. The van der Waals surface area contributed by atoms with Gasteiger partial charge in [-0.25, -0.2) is 0 Å². The molecule has 0 saturated carbocycles. The second kappa shape index (κ2) is 4.14. The molecule has 0 spiro atoms. The zero-order chi connectivity index (χ0) is 11.7. The van der Waals surface area contributed by atoms with E-state index in [0.29, 0.717) is 16.5 Å². The van der Waals surface area contributed by atoms with Gasteiger partial charge in [0, 0.05) is 0 Å². The standard InChI is InChI=1S/C11H10ClNO3/c1-16-11-8(12)3-2-4-9(11)13-6-7(14)5-10(13)15/h2-4H,5-6H2,1H3. The van der Waals surface area contributed by atoms with E-state index in [2.05, 4.69) is 0 Å². The van der Waals surface area contributed by atoms with Crippen molar-refractivity contribution in [2.45, 2.75) is 6.42 Å². The number of para-hydroxylation sites is 1. The summed E-state index contributed by atoms with van der Waals surface area (Å²) in [7, 11) is 1.48. The van der Waals surface area contributed by atoms with E-state index in [1.807, 2.05) is 0 Å². The van der Waals surface area contributed by atoms with Gasteiger partial charge in [0.05, 0.1) is 30.8 Å². The molecule has 0 unspecified atom stereocenters. The Bertz CT molecular complexity index is 459. The lowest BCUT2D eigenvalue weighted by molar-refractivity contribution is -0.121. The van der Waals surface area contributed by atoms with E-state index in [9.17, 15) is 9.59 Å². The topological polar surface area (TPSA) is 46.6 Å². The highest BCUT2D eigenvalue weighted by Gasteiger charge is 2.30. The number of carbonyl (C=O) groups excluding carboxylic acids is 2. The van der Waals surface area contributed by atoms with Gasteiger partial charge in [0.25, 0.3) is 0 Å². The molecular weight excluding hydrogens is 230 g/mol. The molecule has 1 fully saturated rings. The Morgan fingerprint density at radius 2 is 2.12 bits per heavy atom. The Hall–Kier alpha value is -1.55. The third-order valence-electron chi connectivity index (χ3n) is 2.43. The third kappa shape index (κ3) is 1.76. The van der Waals surface area contributed by atoms with Crippen molar-refractivity contribution in [3.05, 3.63) is 23.2 Å². The molecule has 0 bridgehead atoms. The van der Waals surface area contributed by atoms with E-state index in [1.54, 1.807) is 18.2 Å². The quantitative estimate of drug-likeness (QED) is 0.738. The van der Waals surface area contributed by atoms with Crippen LogP contribution < -0.4 is 9.64 Å². The zero-order valence-electron chi connectivity index (χ0n) is 8.70. The Kier molecular flexibility index (Phi) is 2.83. The molecule has 2 rings (SSSR count). The molecule has 1 heterocycles. The first-order chi connectivity index (χ1) is 7.63. The maximum Gasteiger partial charge on any atom is 0.235 e. The minimum absolute atomic E-state index is 0.0460. The van der Waals surface area contributed by atoms with E-state index in [4.69, 9.17) is 16.3 Å². The largest absolute Gasteiger partial charge is 0.493 e. The normalized spacial score (nSPS) is 15.8. The van der Waals surface area contributed by atoms with Crippen molar-refractivity contribution >= 4 is 29.0 Å². The molecule has 1 aromatic carbocycles. The van der Waals surface area contributed by atoms with Crippen LogP contribution in [0.5, 0.6) is 5.75 Å². The highest BCUT2D eigenvalue weighted by atomic mass is 35.5. The number of ketones is 1. The molecule has 1 aliphatic heterocycles. The summed E-state index contributed by atoms with van der Waals surface area (Å²) in [5.74, 6) is 0.116. The van der Waals surface area contributed by atoms with Crippen molar-refractivity contribution in [2.24, 2.45) is 0 Å². The molecule has 1 saturated heterocycles. The van der Waals surface area contributed by atoms with Gasteiger partial charge in [-0.3, -0.25) is 9.59 Å². The first-order valence-corrected chi connectivity index (χ1v) is 5.16. The van der Waals surface area contributed by atoms with E-state index in [0.717, 1.165) is 0 Å². The van der Waals surface area contributed by atoms with E-state index in [-0.39, 0.29) is 24.7 Å². The van der Waals surface area contributed by atoms with Crippen molar-refractivity contribution in [2.75, 3.05) is 18.6 Å². The lowest BCUT2D eigenvalue weighted by Crippen LogP contribution is -2.25. The minimum atomic E-state index is -0.217. The van der Waals surface area contributed by atoms with E-state index >= 15 is 0 Å². The number of halogens is 1. The average molecular weight is 240 g/mol. The van der Waals surface area contributed by atoms with E-state index in [1.165, 1.54) is 12.0 Å². The number of nitrogens with zero attached hydrogens (tertiary/aromatic N) is 1. The lowest BCUT2D eigenvalue weighted by Gasteiger charge is -2.18. The van der Waals surface area contributed by atoms with Crippen LogP contribution in [0.2, 0.25) is 5.02 Å². The Morgan fingerprint density at radius 3 is 2.69 bits per heavy atom. The first kappa shape index (κ1) is 11.0. The van der Waals surface area contributed by atoms with Crippen LogP contribution in [-0.2, 0) is 9.59 Å². The predicted molar refractivity (Wildman–Crippen MR) is 60.0 cm³/mol. The van der Waals surface area contributed by atoms with Crippen molar-refractivity contribution < 1.29 is 14.3 Å². The number of rotatable bonds is 2. The minimum Gasteiger partial charge on any atom is -0.493 e. The van der Waals surface area contributed by atoms with Gasteiger partial charge in [0.15, 0.2) is 11.5 Å². The predicted octanol–water partition coefficient (Wildman–Crippen LogP) is 1.65. The third-order valence-corrected chi connectivity index (χ3v) is 2.72. The van der Waals surface area contributed by atoms with Gasteiger partial charge in [-0.05, 0) is 12.1 Å². The molecule has 16 heavy (non-hydrogen) atoms. The van der Waals surface area contributed by atoms with Crippen LogP contribution in [0, 0.1) is 0 Å². The molecule has 5 heteroatoms. The number of hydrogen-bond acceptors (Lipinski definition) is 3. The average Bonchev–Trinajstić information content (AvgIpc) is 2.57. The summed E-state index contributed by atoms with van der Waals surface area (Å²) in [6.45, 7) is 0.0928. The van der Waals surface area contributed by atoms with Gasteiger partial charge < -0.3 is 9.64 Å². The van der Waals surface area contributed by atoms with Crippen molar-refractivity contribution in [1.29, 1.82) is 0 Å². The number of methoxy groups -OCH3 is 1. The van der Waals surface area contributed by atoms with Crippen molar-refractivity contribution in [3.63, 3.8) is 0 Å².